The number of oxazole rings is 1. The highest BCUT2D eigenvalue weighted by Crippen LogP contribution is 2.25. The fourth-order valence-electron chi connectivity index (χ4n) is 2.70. The maximum atomic E-state index is 13.0. The van der Waals surface area contributed by atoms with Gasteiger partial charge >= 0.3 is 0 Å². The minimum absolute atomic E-state index is 0. The second-order valence-corrected chi connectivity index (χ2v) is 7.12. The summed E-state index contributed by atoms with van der Waals surface area (Å²) >= 11 is 12.1. The number of rotatable bonds is 7. The highest BCUT2D eigenvalue weighted by Gasteiger charge is 2.09. The molecule has 0 saturated carbocycles. The number of hydrogen-bond acceptors (Lipinski definition) is 3. The van der Waals surface area contributed by atoms with Crippen molar-refractivity contribution >= 4 is 53.1 Å². The van der Waals surface area contributed by atoms with E-state index in [0.29, 0.717) is 41.5 Å². The van der Waals surface area contributed by atoms with Crippen LogP contribution in [-0.2, 0) is 20.0 Å². The summed E-state index contributed by atoms with van der Waals surface area (Å²) in [5.41, 5.74) is 2.45. The van der Waals surface area contributed by atoms with Crippen LogP contribution in [0.5, 0.6) is 0 Å². The molecule has 0 fully saturated rings. The van der Waals surface area contributed by atoms with E-state index in [-0.39, 0.29) is 29.8 Å². The first kappa shape index (κ1) is 24.5. The average Bonchev–Trinajstić information content (AvgIpc) is 3.27. The van der Waals surface area contributed by atoms with Crippen molar-refractivity contribution in [3.63, 3.8) is 0 Å². The molecule has 0 saturated heterocycles. The molecule has 3 aromatic rings. The lowest BCUT2D eigenvalue weighted by Crippen LogP contribution is -2.38. The van der Waals surface area contributed by atoms with Crippen LogP contribution in [0, 0.1) is 5.82 Å². The topological polar surface area (TPSA) is 67.4 Å². The average molecular weight is 566 g/mol. The molecule has 1 aromatic carbocycles. The van der Waals surface area contributed by atoms with Crippen LogP contribution in [0.2, 0.25) is 10.2 Å². The number of hydrogen-bond donors (Lipinski definition) is 2. The number of nitrogens with zero attached hydrogens (tertiary/aromatic N) is 3. The van der Waals surface area contributed by atoms with E-state index in [9.17, 15) is 4.39 Å². The van der Waals surface area contributed by atoms with Gasteiger partial charge in [-0.2, -0.15) is 0 Å². The van der Waals surface area contributed by atoms with Crippen LogP contribution in [-0.4, -0.2) is 28.6 Å². The normalized spacial score (nSPS) is 11.3. The molecule has 0 spiro atoms. The fourth-order valence-corrected chi connectivity index (χ4v) is 3.11. The van der Waals surface area contributed by atoms with Crippen LogP contribution < -0.4 is 10.6 Å². The van der Waals surface area contributed by atoms with Gasteiger partial charge in [0.05, 0.1) is 17.3 Å². The number of benzene rings is 1. The molecule has 0 atom stereocenters. The molecule has 0 aliphatic carbocycles. The molecule has 3 rings (SSSR count). The Balaban J connectivity index is 0.00000320. The van der Waals surface area contributed by atoms with Gasteiger partial charge < -0.3 is 19.6 Å². The van der Waals surface area contributed by atoms with E-state index in [4.69, 9.17) is 27.6 Å². The van der Waals surface area contributed by atoms with Gasteiger partial charge in [-0.05, 0) is 37.3 Å². The number of aromatic nitrogens is 2. The summed E-state index contributed by atoms with van der Waals surface area (Å²) in [6, 6.07) is 7.85. The molecule has 0 radical (unpaired) electrons. The minimum Gasteiger partial charge on any atom is -0.444 e. The van der Waals surface area contributed by atoms with E-state index in [1.807, 2.05) is 24.6 Å². The number of nitrogens with one attached hydrogen (secondary N) is 2. The largest absolute Gasteiger partial charge is 0.444 e. The van der Waals surface area contributed by atoms with Crippen LogP contribution in [0.25, 0.3) is 11.5 Å². The van der Waals surface area contributed by atoms with Crippen molar-refractivity contribution < 1.29 is 8.81 Å². The van der Waals surface area contributed by atoms with Crippen molar-refractivity contribution in [2.75, 3.05) is 13.1 Å². The number of guanidine groups is 1. The van der Waals surface area contributed by atoms with Gasteiger partial charge in [-0.25, -0.2) is 14.4 Å². The monoisotopic (exact) mass is 565 g/mol. The van der Waals surface area contributed by atoms with Crippen LogP contribution in [0.3, 0.4) is 0 Å². The van der Waals surface area contributed by atoms with Crippen molar-refractivity contribution in [3.05, 3.63) is 64.0 Å². The Hall–Kier alpha value is -1.78. The molecule has 2 heterocycles. The first-order chi connectivity index (χ1) is 14.0. The zero-order chi connectivity index (χ0) is 20.8. The first-order valence-corrected chi connectivity index (χ1v) is 9.95. The third kappa shape index (κ3) is 6.36. The summed E-state index contributed by atoms with van der Waals surface area (Å²) in [7, 11) is 1.85. The van der Waals surface area contributed by atoms with Crippen molar-refractivity contribution in [3.8, 4) is 11.5 Å². The Labute approximate surface area is 201 Å². The summed E-state index contributed by atoms with van der Waals surface area (Å²) in [5.74, 6) is 0.862. The van der Waals surface area contributed by atoms with Gasteiger partial charge in [0.2, 0.25) is 5.89 Å². The van der Waals surface area contributed by atoms with E-state index in [2.05, 4.69) is 20.6 Å². The van der Waals surface area contributed by atoms with E-state index in [1.54, 1.807) is 18.4 Å². The highest BCUT2D eigenvalue weighted by atomic mass is 127. The molecule has 6 nitrogen and oxygen atoms in total. The highest BCUT2D eigenvalue weighted by molar-refractivity contribution is 14.0. The van der Waals surface area contributed by atoms with Crippen LogP contribution in [0.4, 0.5) is 4.39 Å². The third-order valence-corrected chi connectivity index (χ3v) is 5.12. The predicted octanol–water partition coefficient (Wildman–Crippen LogP) is 5.04. The molecular weight excluding hydrogens is 543 g/mol. The maximum absolute atomic E-state index is 13.0. The summed E-state index contributed by atoms with van der Waals surface area (Å²) in [6.45, 7) is 3.80. The molecule has 0 aliphatic heterocycles. The lowest BCUT2D eigenvalue weighted by Gasteiger charge is -2.10. The van der Waals surface area contributed by atoms with Gasteiger partial charge in [0.15, 0.2) is 5.96 Å². The Morgan fingerprint density at radius 1 is 1.23 bits per heavy atom. The van der Waals surface area contributed by atoms with Gasteiger partial charge in [0.1, 0.15) is 17.2 Å². The number of aliphatic imine (C=N–C) groups is 1. The fraction of sp³-hybridized carbons (Fsp3) is 0.300. The number of halogens is 4. The summed E-state index contributed by atoms with van der Waals surface area (Å²) in [6.07, 6.45) is 2.26. The van der Waals surface area contributed by atoms with Crippen LogP contribution >= 0.6 is 47.2 Å². The van der Waals surface area contributed by atoms with Gasteiger partial charge in [0.25, 0.3) is 0 Å². The molecule has 2 aromatic heterocycles. The molecule has 0 amide bonds. The molecule has 0 unspecified atom stereocenters. The second-order valence-electron chi connectivity index (χ2n) is 6.36. The standard InChI is InChI=1S/C20H22Cl2FN5O.HI/c1-3-24-20(26-11-16-10-17(21)18(22)28(16)2)25-9-8-15-12-29-19(27-15)13-4-6-14(23)7-5-13;/h4-7,10,12H,3,8-9,11H2,1-2H3,(H2,24,25,26);1H. The maximum Gasteiger partial charge on any atom is 0.226 e. The molecule has 0 bridgehead atoms. The quantitative estimate of drug-likeness (QED) is 0.239. The molecule has 10 heteroatoms. The molecule has 2 N–H and O–H groups in total. The molecule has 0 aliphatic rings. The van der Waals surface area contributed by atoms with Crippen molar-refractivity contribution in [1.29, 1.82) is 0 Å². The Bertz CT molecular complexity index is 988. The lowest BCUT2D eigenvalue weighted by atomic mass is 10.2. The third-order valence-electron chi connectivity index (χ3n) is 4.28. The lowest BCUT2D eigenvalue weighted by molar-refractivity contribution is 0.571. The van der Waals surface area contributed by atoms with Gasteiger partial charge in [-0.3, -0.25) is 0 Å². The molecule has 162 valence electrons. The Kier molecular flexibility index (Phi) is 9.44. The summed E-state index contributed by atoms with van der Waals surface area (Å²) in [5, 5.41) is 7.48. The SMILES string of the molecule is CCNC(=NCc1cc(Cl)c(Cl)n1C)NCCc1coc(-c2ccc(F)cc2)n1.I. The zero-order valence-corrected chi connectivity index (χ0v) is 20.4. The van der Waals surface area contributed by atoms with E-state index in [0.717, 1.165) is 23.5 Å². The minimum atomic E-state index is -0.292. The van der Waals surface area contributed by atoms with Gasteiger partial charge in [-0.15, -0.1) is 24.0 Å². The Morgan fingerprint density at radius 2 is 1.97 bits per heavy atom. The van der Waals surface area contributed by atoms with E-state index >= 15 is 0 Å². The van der Waals surface area contributed by atoms with Crippen molar-refractivity contribution in [1.82, 2.24) is 20.2 Å². The van der Waals surface area contributed by atoms with E-state index < -0.39 is 0 Å². The first-order valence-electron chi connectivity index (χ1n) is 9.20. The zero-order valence-electron chi connectivity index (χ0n) is 16.6. The molecule has 30 heavy (non-hydrogen) atoms. The van der Waals surface area contributed by atoms with Crippen molar-refractivity contribution in [2.45, 2.75) is 19.9 Å². The van der Waals surface area contributed by atoms with Crippen molar-refractivity contribution in [2.24, 2.45) is 12.0 Å². The Morgan fingerprint density at radius 3 is 2.60 bits per heavy atom. The summed E-state index contributed by atoms with van der Waals surface area (Å²) < 4.78 is 20.3. The molecular formula is C20H23Cl2FIN5O. The second kappa shape index (κ2) is 11.6. The van der Waals surface area contributed by atoms with E-state index in [1.165, 1.54) is 12.1 Å². The van der Waals surface area contributed by atoms with Gasteiger partial charge in [-0.1, -0.05) is 23.2 Å². The van der Waals surface area contributed by atoms with Crippen LogP contribution in [0.1, 0.15) is 18.3 Å². The van der Waals surface area contributed by atoms with Gasteiger partial charge in [0, 0.05) is 37.8 Å². The predicted molar refractivity (Wildman–Crippen MR) is 129 cm³/mol. The smallest absolute Gasteiger partial charge is 0.226 e. The summed E-state index contributed by atoms with van der Waals surface area (Å²) in [4.78, 5) is 9.02. The van der Waals surface area contributed by atoms with Crippen LogP contribution in [0.15, 0.2) is 46.0 Å².